The molecule has 1 aliphatic carbocycles. The van der Waals surface area contributed by atoms with E-state index in [1.807, 2.05) is 42.5 Å². The summed E-state index contributed by atoms with van der Waals surface area (Å²) >= 11 is 0. The van der Waals surface area contributed by atoms with Gasteiger partial charge in [0.15, 0.2) is 0 Å². The van der Waals surface area contributed by atoms with Crippen LogP contribution in [0, 0.1) is 5.41 Å². The summed E-state index contributed by atoms with van der Waals surface area (Å²) in [6.45, 7) is 0.166. The molecule has 0 unspecified atom stereocenters. The first kappa shape index (κ1) is 13.4. The molecule has 21 heavy (non-hydrogen) atoms. The Labute approximate surface area is 122 Å². The number of amides is 2. The Morgan fingerprint density at radius 1 is 1.10 bits per heavy atom. The predicted octanol–water partition coefficient (Wildman–Crippen LogP) is 2.83. The van der Waals surface area contributed by atoms with Gasteiger partial charge in [-0.2, -0.15) is 0 Å². The molecule has 2 aromatic carbocycles. The molecular weight excluding hydrogens is 268 g/mol. The number of urea groups is 1. The summed E-state index contributed by atoms with van der Waals surface area (Å²) < 4.78 is 0. The fourth-order valence-corrected chi connectivity index (χ4v) is 2.37. The summed E-state index contributed by atoms with van der Waals surface area (Å²) in [7, 11) is 0. The molecule has 3 rings (SSSR count). The van der Waals surface area contributed by atoms with E-state index in [1.165, 1.54) is 0 Å². The topological polar surface area (TPSA) is 78.4 Å². The molecule has 0 atom stereocenters. The molecule has 0 heterocycles. The summed E-state index contributed by atoms with van der Waals surface area (Å²) in [6.07, 6.45) is 1.24. The van der Waals surface area contributed by atoms with E-state index in [2.05, 4.69) is 10.6 Å². The number of hydrogen-bond donors (Lipinski definition) is 3. The number of aliphatic carboxylic acids is 1. The lowest BCUT2D eigenvalue weighted by molar-refractivity contribution is -0.143. The Bertz CT molecular complexity index is 702. The first-order valence-corrected chi connectivity index (χ1v) is 6.87. The van der Waals surface area contributed by atoms with Gasteiger partial charge < -0.3 is 15.7 Å². The van der Waals surface area contributed by atoms with E-state index >= 15 is 0 Å². The van der Waals surface area contributed by atoms with Crippen molar-refractivity contribution >= 4 is 28.5 Å². The molecule has 3 N–H and O–H groups in total. The molecule has 0 saturated heterocycles. The minimum atomic E-state index is -0.840. The fourth-order valence-electron chi connectivity index (χ4n) is 2.37. The standard InChI is InChI=1S/C16H16N2O3/c19-14(20)16(8-9-16)10-17-15(21)18-13-7-3-5-11-4-1-2-6-12(11)13/h1-7H,8-10H2,(H,19,20)(H2,17,18,21). The van der Waals surface area contributed by atoms with Crippen molar-refractivity contribution in [2.45, 2.75) is 12.8 Å². The number of carboxylic acids is 1. The van der Waals surface area contributed by atoms with Crippen LogP contribution in [0.25, 0.3) is 10.8 Å². The van der Waals surface area contributed by atoms with E-state index in [0.29, 0.717) is 18.5 Å². The molecule has 108 valence electrons. The SMILES string of the molecule is O=C(NCC1(C(=O)O)CC1)Nc1cccc2ccccc12. The van der Waals surface area contributed by atoms with E-state index in [1.54, 1.807) is 0 Å². The van der Waals surface area contributed by atoms with Gasteiger partial charge >= 0.3 is 12.0 Å². The van der Waals surface area contributed by atoms with Crippen LogP contribution in [0.2, 0.25) is 0 Å². The Morgan fingerprint density at radius 2 is 1.81 bits per heavy atom. The van der Waals surface area contributed by atoms with Crippen molar-refractivity contribution in [1.82, 2.24) is 5.32 Å². The number of carbonyl (C=O) groups excluding carboxylic acids is 1. The monoisotopic (exact) mass is 284 g/mol. The minimum Gasteiger partial charge on any atom is -0.481 e. The van der Waals surface area contributed by atoms with Crippen LogP contribution in [0.1, 0.15) is 12.8 Å². The average Bonchev–Trinajstić information content (AvgIpc) is 3.27. The summed E-state index contributed by atoms with van der Waals surface area (Å²) in [5.74, 6) is -0.840. The highest BCUT2D eigenvalue weighted by Crippen LogP contribution is 2.45. The van der Waals surface area contributed by atoms with Crippen LogP contribution >= 0.6 is 0 Å². The van der Waals surface area contributed by atoms with Gasteiger partial charge in [0.2, 0.25) is 0 Å². The number of hydrogen-bond acceptors (Lipinski definition) is 2. The van der Waals surface area contributed by atoms with Gasteiger partial charge in [-0.1, -0.05) is 36.4 Å². The number of carboxylic acid groups (broad SMARTS) is 1. The van der Waals surface area contributed by atoms with Gasteiger partial charge in [0.05, 0.1) is 11.1 Å². The van der Waals surface area contributed by atoms with Gasteiger partial charge in [0.1, 0.15) is 0 Å². The van der Waals surface area contributed by atoms with Gasteiger partial charge in [0.25, 0.3) is 0 Å². The molecule has 0 radical (unpaired) electrons. The molecule has 1 aliphatic rings. The number of carbonyl (C=O) groups is 2. The van der Waals surface area contributed by atoms with Crippen molar-refractivity contribution < 1.29 is 14.7 Å². The molecule has 2 amide bonds. The summed E-state index contributed by atoms with van der Waals surface area (Å²) in [5, 5.41) is 16.5. The maximum absolute atomic E-state index is 11.9. The highest BCUT2D eigenvalue weighted by molar-refractivity contribution is 6.01. The van der Waals surface area contributed by atoms with Crippen LogP contribution in [-0.2, 0) is 4.79 Å². The number of benzene rings is 2. The lowest BCUT2D eigenvalue weighted by Gasteiger charge is -2.13. The second-order valence-electron chi connectivity index (χ2n) is 5.42. The van der Waals surface area contributed by atoms with Crippen molar-refractivity contribution in [3.8, 4) is 0 Å². The predicted molar refractivity (Wildman–Crippen MR) is 80.3 cm³/mol. The van der Waals surface area contributed by atoms with Crippen molar-refractivity contribution in [2.75, 3.05) is 11.9 Å². The van der Waals surface area contributed by atoms with E-state index < -0.39 is 11.4 Å². The normalized spacial score (nSPS) is 15.4. The second-order valence-corrected chi connectivity index (χ2v) is 5.42. The molecule has 0 spiro atoms. The third-order valence-electron chi connectivity index (χ3n) is 3.93. The number of rotatable bonds is 4. The zero-order valence-electron chi connectivity index (χ0n) is 11.4. The molecule has 0 aliphatic heterocycles. The Morgan fingerprint density at radius 3 is 2.52 bits per heavy atom. The molecular formula is C16H16N2O3. The molecule has 5 heteroatoms. The number of nitrogens with one attached hydrogen (secondary N) is 2. The fraction of sp³-hybridized carbons (Fsp3) is 0.250. The Balaban J connectivity index is 1.68. The highest BCUT2D eigenvalue weighted by atomic mass is 16.4. The third kappa shape index (κ3) is 2.67. The minimum absolute atomic E-state index is 0.166. The number of anilines is 1. The third-order valence-corrected chi connectivity index (χ3v) is 3.93. The van der Waals surface area contributed by atoms with Crippen LogP contribution in [0.15, 0.2) is 42.5 Å². The van der Waals surface area contributed by atoms with Crippen molar-refractivity contribution in [1.29, 1.82) is 0 Å². The van der Waals surface area contributed by atoms with Gasteiger partial charge in [-0.05, 0) is 24.3 Å². The van der Waals surface area contributed by atoms with Crippen molar-refractivity contribution in [3.63, 3.8) is 0 Å². The van der Waals surface area contributed by atoms with Crippen molar-refractivity contribution in [3.05, 3.63) is 42.5 Å². The van der Waals surface area contributed by atoms with Crippen LogP contribution in [0.3, 0.4) is 0 Å². The Kier molecular flexibility index (Phi) is 3.25. The molecule has 1 saturated carbocycles. The van der Waals surface area contributed by atoms with E-state index in [9.17, 15) is 9.59 Å². The summed E-state index contributed by atoms with van der Waals surface area (Å²) in [5.41, 5.74) is -0.0402. The lowest BCUT2D eigenvalue weighted by Crippen LogP contribution is -2.36. The molecule has 1 fully saturated rings. The van der Waals surface area contributed by atoms with Gasteiger partial charge in [-0.15, -0.1) is 0 Å². The Hall–Kier alpha value is -2.56. The van der Waals surface area contributed by atoms with Crippen LogP contribution < -0.4 is 10.6 Å². The van der Waals surface area contributed by atoms with Crippen LogP contribution in [-0.4, -0.2) is 23.7 Å². The summed E-state index contributed by atoms with van der Waals surface area (Å²) in [4.78, 5) is 23.0. The summed E-state index contributed by atoms with van der Waals surface area (Å²) in [6, 6.07) is 13.1. The zero-order chi connectivity index (χ0) is 14.9. The van der Waals surface area contributed by atoms with Gasteiger partial charge in [-0.25, -0.2) is 4.79 Å². The molecule has 2 aromatic rings. The molecule has 0 aromatic heterocycles. The highest BCUT2D eigenvalue weighted by Gasteiger charge is 2.50. The maximum Gasteiger partial charge on any atom is 0.319 e. The first-order valence-electron chi connectivity index (χ1n) is 6.87. The molecule has 0 bridgehead atoms. The van der Waals surface area contributed by atoms with Crippen molar-refractivity contribution in [2.24, 2.45) is 5.41 Å². The number of fused-ring (bicyclic) bond motifs is 1. The quantitative estimate of drug-likeness (QED) is 0.807. The van der Waals surface area contributed by atoms with Crippen LogP contribution in [0.5, 0.6) is 0 Å². The van der Waals surface area contributed by atoms with Gasteiger partial charge in [-0.3, -0.25) is 4.79 Å². The second kappa shape index (κ2) is 5.09. The van der Waals surface area contributed by atoms with E-state index in [0.717, 1.165) is 10.8 Å². The van der Waals surface area contributed by atoms with E-state index in [-0.39, 0.29) is 12.6 Å². The lowest BCUT2D eigenvalue weighted by atomic mass is 10.1. The zero-order valence-corrected chi connectivity index (χ0v) is 11.4. The maximum atomic E-state index is 11.9. The van der Waals surface area contributed by atoms with Gasteiger partial charge in [0, 0.05) is 11.9 Å². The molecule has 5 nitrogen and oxygen atoms in total. The largest absolute Gasteiger partial charge is 0.481 e. The van der Waals surface area contributed by atoms with E-state index in [4.69, 9.17) is 5.11 Å². The van der Waals surface area contributed by atoms with Crippen LogP contribution in [0.4, 0.5) is 10.5 Å². The first-order chi connectivity index (χ1) is 10.1. The average molecular weight is 284 g/mol. The smallest absolute Gasteiger partial charge is 0.319 e.